The standard InChI is InChI=1S/C16H27N5/c1-5-16(6-2)21-9-8-15(19-21)12-20-11-14(10-18-20)13(4)17-7-3/h8-11,13,16-17H,5-7,12H2,1-4H3. The van der Waals surface area contributed by atoms with E-state index in [2.05, 4.69) is 66.4 Å². The Hall–Kier alpha value is -1.62. The monoisotopic (exact) mass is 289 g/mol. The van der Waals surface area contributed by atoms with Gasteiger partial charge < -0.3 is 5.32 Å². The zero-order valence-electron chi connectivity index (χ0n) is 13.6. The van der Waals surface area contributed by atoms with Crippen LogP contribution in [-0.4, -0.2) is 26.1 Å². The van der Waals surface area contributed by atoms with Crippen LogP contribution in [0.2, 0.25) is 0 Å². The van der Waals surface area contributed by atoms with Crippen LogP contribution in [0.1, 0.15) is 63.9 Å². The first-order valence-corrected chi connectivity index (χ1v) is 7.97. The van der Waals surface area contributed by atoms with Gasteiger partial charge in [-0.3, -0.25) is 9.36 Å². The molecular weight excluding hydrogens is 262 g/mol. The van der Waals surface area contributed by atoms with E-state index in [1.807, 2.05) is 10.9 Å². The molecule has 1 N–H and O–H groups in total. The van der Waals surface area contributed by atoms with Gasteiger partial charge in [-0.1, -0.05) is 20.8 Å². The van der Waals surface area contributed by atoms with Gasteiger partial charge in [0.2, 0.25) is 0 Å². The molecule has 1 atom stereocenters. The van der Waals surface area contributed by atoms with E-state index in [0.717, 1.165) is 31.6 Å². The van der Waals surface area contributed by atoms with E-state index < -0.39 is 0 Å². The van der Waals surface area contributed by atoms with Gasteiger partial charge in [-0.05, 0) is 32.4 Å². The molecule has 116 valence electrons. The Bertz CT molecular complexity index is 538. The fourth-order valence-corrected chi connectivity index (χ4v) is 2.61. The maximum atomic E-state index is 4.68. The smallest absolute Gasteiger partial charge is 0.0849 e. The van der Waals surface area contributed by atoms with Crippen molar-refractivity contribution in [3.8, 4) is 0 Å². The van der Waals surface area contributed by atoms with E-state index in [1.165, 1.54) is 5.56 Å². The van der Waals surface area contributed by atoms with Crippen molar-refractivity contribution < 1.29 is 0 Å². The summed E-state index contributed by atoms with van der Waals surface area (Å²) < 4.78 is 4.05. The summed E-state index contributed by atoms with van der Waals surface area (Å²) >= 11 is 0. The molecule has 0 bridgehead atoms. The fraction of sp³-hybridized carbons (Fsp3) is 0.625. The molecule has 0 saturated heterocycles. The Labute approximate surface area is 127 Å². The molecule has 2 heterocycles. The van der Waals surface area contributed by atoms with Crippen LogP contribution in [0.15, 0.2) is 24.7 Å². The Morgan fingerprint density at radius 3 is 2.67 bits per heavy atom. The van der Waals surface area contributed by atoms with Gasteiger partial charge in [0.05, 0.1) is 24.5 Å². The minimum absolute atomic E-state index is 0.339. The number of hydrogen-bond donors (Lipinski definition) is 1. The molecule has 0 saturated carbocycles. The average Bonchev–Trinajstić information content (AvgIpc) is 3.11. The van der Waals surface area contributed by atoms with Crippen molar-refractivity contribution in [3.63, 3.8) is 0 Å². The van der Waals surface area contributed by atoms with Crippen molar-refractivity contribution in [1.82, 2.24) is 24.9 Å². The normalized spacial score (nSPS) is 13.0. The van der Waals surface area contributed by atoms with E-state index in [4.69, 9.17) is 0 Å². The van der Waals surface area contributed by atoms with Gasteiger partial charge in [-0.15, -0.1) is 0 Å². The molecule has 0 aromatic carbocycles. The van der Waals surface area contributed by atoms with Crippen molar-refractivity contribution in [2.24, 2.45) is 0 Å². The molecule has 0 spiro atoms. The van der Waals surface area contributed by atoms with Crippen LogP contribution in [0.4, 0.5) is 0 Å². The Balaban J connectivity index is 2.02. The minimum Gasteiger partial charge on any atom is -0.310 e. The molecule has 0 fully saturated rings. The largest absolute Gasteiger partial charge is 0.310 e. The van der Waals surface area contributed by atoms with E-state index in [1.54, 1.807) is 0 Å². The van der Waals surface area contributed by atoms with Crippen molar-refractivity contribution in [2.75, 3.05) is 6.54 Å². The van der Waals surface area contributed by atoms with Crippen LogP contribution >= 0.6 is 0 Å². The molecule has 1 unspecified atom stereocenters. The van der Waals surface area contributed by atoms with Crippen LogP contribution in [0.25, 0.3) is 0 Å². The van der Waals surface area contributed by atoms with E-state index in [9.17, 15) is 0 Å². The van der Waals surface area contributed by atoms with Crippen molar-refractivity contribution >= 4 is 0 Å². The SMILES string of the molecule is CCNC(C)c1cnn(Cc2ccn(C(CC)CC)n2)c1. The third kappa shape index (κ3) is 3.94. The molecule has 2 aromatic heterocycles. The van der Waals surface area contributed by atoms with Gasteiger partial charge in [-0.2, -0.15) is 10.2 Å². The van der Waals surface area contributed by atoms with E-state index in [-0.39, 0.29) is 0 Å². The highest BCUT2D eigenvalue weighted by molar-refractivity contribution is 5.10. The molecular formula is C16H27N5. The third-order valence-electron chi connectivity index (χ3n) is 3.97. The maximum absolute atomic E-state index is 4.68. The van der Waals surface area contributed by atoms with E-state index >= 15 is 0 Å². The summed E-state index contributed by atoms with van der Waals surface area (Å²) in [5.74, 6) is 0. The molecule has 0 radical (unpaired) electrons. The highest BCUT2D eigenvalue weighted by atomic mass is 15.3. The first kappa shape index (κ1) is 15.8. The van der Waals surface area contributed by atoms with Crippen LogP contribution in [0.5, 0.6) is 0 Å². The molecule has 0 aliphatic carbocycles. The highest BCUT2D eigenvalue weighted by Crippen LogP contribution is 2.15. The van der Waals surface area contributed by atoms with Crippen LogP contribution in [-0.2, 0) is 6.54 Å². The second kappa shape index (κ2) is 7.41. The number of rotatable bonds is 8. The average molecular weight is 289 g/mol. The second-order valence-corrected chi connectivity index (χ2v) is 5.51. The highest BCUT2D eigenvalue weighted by Gasteiger charge is 2.10. The van der Waals surface area contributed by atoms with Gasteiger partial charge in [0, 0.05) is 24.0 Å². The summed E-state index contributed by atoms with van der Waals surface area (Å²) in [5, 5.41) is 12.5. The molecule has 5 heteroatoms. The number of hydrogen-bond acceptors (Lipinski definition) is 3. The quantitative estimate of drug-likeness (QED) is 0.812. The molecule has 0 aliphatic heterocycles. The summed E-state index contributed by atoms with van der Waals surface area (Å²) in [7, 11) is 0. The molecule has 0 aliphatic rings. The molecule has 5 nitrogen and oxygen atoms in total. The lowest BCUT2D eigenvalue weighted by Crippen LogP contribution is -2.17. The summed E-state index contributed by atoms with van der Waals surface area (Å²) in [5.41, 5.74) is 2.28. The van der Waals surface area contributed by atoms with Gasteiger partial charge in [0.25, 0.3) is 0 Å². The zero-order chi connectivity index (χ0) is 15.2. The predicted octanol–water partition coefficient (Wildman–Crippen LogP) is 3.16. The van der Waals surface area contributed by atoms with Gasteiger partial charge in [0.1, 0.15) is 0 Å². The lowest BCUT2D eigenvalue weighted by molar-refractivity contribution is 0.424. The van der Waals surface area contributed by atoms with Crippen molar-refractivity contribution in [2.45, 2.75) is 59.2 Å². The fourth-order valence-electron chi connectivity index (χ4n) is 2.61. The lowest BCUT2D eigenvalue weighted by Gasteiger charge is -2.12. The Kier molecular flexibility index (Phi) is 5.56. The lowest BCUT2D eigenvalue weighted by atomic mass is 10.2. The summed E-state index contributed by atoms with van der Waals surface area (Å²) in [4.78, 5) is 0. The first-order valence-electron chi connectivity index (χ1n) is 7.97. The topological polar surface area (TPSA) is 47.7 Å². The number of nitrogens with zero attached hydrogens (tertiary/aromatic N) is 4. The summed E-state index contributed by atoms with van der Waals surface area (Å²) in [6.07, 6.45) is 8.35. The van der Waals surface area contributed by atoms with Crippen LogP contribution in [0.3, 0.4) is 0 Å². The van der Waals surface area contributed by atoms with Gasteiger partial charge in [0.15, 0.2) is 0 Å². The molecule has 2 aromatic rings. The molecule has 0 amide bonds. The number of nitrogens with one attached hydrogen (secondary N) is 1. The van der Waals surface area contributed by atoms with Crippen molar-refractivity contribution in [1.29, 1.82) is 0 Å². The predicted molar refractivity (Wildman–Crippen MR) is 85.3 cm³/mol. The molecule has 2 rings (SSSR count). The first-order chi connectivity index (χ1) is 10.2. The van der Waals surface area contributed by atoms with Gasteiger partial charge in [-0.25, -0.2) is 0 Å². The summed E-state index contributed by atoms with van der Waals surface area (Å²) in [6.45, 7) is 10.4. The maximum Gasteiger partial charge on any atom is 0.0849 e. The minimum atomic E-state index is 0.339. The zero-order valence-corrected chi connectivity index (χ0v) is 13.6. The third-order valence-corrected chi connectivity index (χ3v) is 3.97. The van der Waals surface area contributed by atoms with Gasteiger partial charge >= 0.3 is 0 Å². The Morgan fingerprint density at radius 1 is 1.24 bits per heavy atom. The van der Waals surface area contributed by atoms with E-state index in [0.29, 0.717) is 12.1 Å². The van der Waals surface area contributed by atoms with Crippen LogP contribution in [0, 0.1) is 0 Å². The second-order valence-electron chi connectivity index (χ2n) is 5.51. The molecule has 21 heavy (non-hydrogen) atoms. The Morgan fingerprint density at radius 2 is 2.00 bits per heavy atom. The van der Waals surface area contributed by atoms with Crippen molar-refractivity contribution in [3.05, 3.63) is 35.9 Å². The summed E-state index contributed by atoms with van der Waals surface area (Å²) in [6, 6.07) is 2.93. The van der Waals surface area contributed by atoms with Crippen LogP contribution < -0.4 is 5.32 Å². The number of aromatic nitrogens is 4.